The number of nitrogens with zero attached hydrogens (tertiary/aromatic N) is 2. The van der Waals surface area contributed by atoms with Gasteiger partial charge in [-0.05, 0) is 18.4 Å². The summed E-state index contributed by atoms with van der Waals surface area (Å²) in [5.41, 5.74) is 10.7. The van der Waals surface area contributed by atoms with Gasteiger partial charge in [0, 0.05) is 32.4 Å². The number of hydrogen-bond acceptors (Lipinski definition) is 4. The van der Waals surface area contributed by atoms with E-state index in [2.05, 4.69) is 10.2 Å². The quantitative estimate of drug-likeness (QED) is 0.647. The maximum Gasteiger partial charge on any atom is 0.241 e. The minimum atomic E-state index is 0.177. The van der Waals surface area contributed by atoms with E-state index in [1.54, 1.807) is 4.90 Å². The molecule has 0 aromatic carbocycles. The van der Waals surface area contributed by atoms with E-state index in [4.69, 9.17) is 5.73 Å². The number of piperidine rings is 1. The maximum absolute atomic E-state index is 11.7. The third kappa shape index (κ3) is 1.57. The number of nitrogens with two attached hydrogens (primary N) is 1. The molecule has 0 unspecified atom stereocenters. The standard InChI is InChI=1S/C12H18N4O/c1-15-4-5-16(7-10(15)17)12-8-2-3-9(11(12)13)14-6-8/h14H,2-7,13H2,1H3. The summed E-state index contributed by atoms with van der Waals surface area (Å²) >= 11 is 0. The van der Waals surface area contributed by atoms with Crippen LogP contribution in [0.5, 0.6) is 0 Å². The number of dihydropyridines is 1. The summed E-state index contributed by atoms with van der Waals surface area (Å²) in [4.78, 5) is 15.7. The lowest BCUT2D eigenvalue weighted by molar-refractivity contribution is -0.133. The molecule has 4 aliphatic rings. The Hall–Kier alpha value is -1.65. The van der Waals surface area contributed by atoms with Gasteiger partial charge in [-0.3, -0.25) is 4.79 Å². The molecule has 0 atom stereocenters. The summed E-state index contributed by atoms with van der Waals surface area (Å²) in [6.45, 7) is 3.02. The first-order chi connectivity index (χ1) is 8.16. The highest BCUT2D eigenvalue weighted by molar-refractivity contribution is 5.79. The molecule has 0 spiro atoms. The molecule has 3 aliphatic heterocycles. The number of likely N-dealkylation sites (N-methyl/N-ethyl adjacent to an activating group) is 1. The second-order valence-electron chi connectivity index (χ2n) is 4.93. The van der Waals surface area contributed by atoms with Crippen LogP contribution in [0, 0.1) is 0 Å². The zero-order chi connectivity index (χ0) is 12.0. The van der Waals surface area contributed by atoms with Crippen molar-refractivity contribution in [3.8, 4) is 0 Å². The number of carbonyl (C=O) groups is 1. The van der Waals surface area contributed by atoms with E-state index in [1.807, 2.05) is 7.05 Å². The van der Waals surface area contributed by atoms with E-state index < -0.39 is 0 Å². The largest absolute Gasteiger partial charge is 0.396 e. The van der Waals surface area contributed by atoms with E-state index in [0.29, 0.717) is 6.54 Å². The highest BCUT2D eigenvalue weighted by Crippen LogP contribution is 2.33. The molecule has 0 saturated carbocycles. The Labute approximate surface area is 101 Å². The Morgan fingerprint density at radius 1 is 1.29 bits per heavy atom. The van der Waals surface area contributed by atoms with Gasteiger partial charge < -0.3 is 20.9 Å². The lowest BCUT2D eigenvalue weighted by Gasteiger charge is -2.40. The highest BCUT2D eigenvalue weighted by Gasteiger charge is 2.31. The zero-order valence-corrected chi connectivity index (χ0v) is 10.1. The second-order valence-corrected chi connectivity index (χ2v) is 4.93. The van der Waals surface area contributed by atoms with Crippen molar-refractivity contribution >= 4 is 5.91 Å². The molecule has 4 rings (SSSR count). The average Bonchev–Trinajstić information content (AvgIpc) is 2.34. The molecule has 0 radical (unpaired) electrons. The molecule has 92 valence electrons. The molecule has 0 aromatic heterocycles. The van der Waals surface area contributed by atoms with Crippen LogP contribution in [0.4, 0.5) is 0 Å². The summed E-state index contributed by atoms with van der Waals surface area (Å²) in [5, 5.41) is 3.33. The van der Waals surface area contributed by atoms with Gasteiger partial charge in [0.15, 0.2) is 0 Å². The van der Waals surface area contributed by atoms with Gasteiger partial charge in [-0.25, -0.2) is 0 Å². The summed E-state index contributed by atoms with van der Waals surface area (Å²) in [6, 6.07) is 0. The summed E-state index contributed by atoms with van der Waals surface area (Å²) in [5.74, 6) is 0.177. The predicted octanol–water partition coefficient (Wildman–Crippen LogP) is -0.418. The molecule has 1 amide bonds. The van der Waals surface area contributed by atoms with Crippen LogP contribution in [0.2, 0.25) is 0 Å². The van der Waals surface area contributed by atoms with Gasteiger partial charge in [0.2, 0.25) is 5.91 Å². The van der Waals surface area contributed by atoms with Crippen molar-refractivity contribution in [2.24, 2.45) is 5.73 Å². The Morgan fingerprint density at radius 3 is 2.71 bits per heavy atom. The van der Waals surface area contributed by atoms with E-state index in [0.717, 1.165) is 49.6 Å². The smallest absolute Gasteiger partial charge is 0.241 e. The monoisotopic (exact) mass is 234 g/mol. The number of allylic oxidation sites excluding steroid dienone is 1. The second kappa shape index (κ2) is 3.68. The Morgan fingerprint density at radius 2 is 2.12 bits per heavy atom. The minimum Gasteiger partial charge on any atom is -0.396 e. The molecule has 1 aliphatic carbocycles. The molecule has 3 N–H and O–H groups in total. The third-order valence-electron chi connectivity index (χ3n) is 3.88. The van der Waals surface area contributed by atoms with Gasteiger partial charge in [-0.2, -0.15) is 0 Å². The number of piperazine rings is 1. The van der Waals surface area contributed by atoms with Crippen molar-refractivity contribution in [1.82, 2.24) is 15.1 Å². The first-order valence-electron chi connectivity index (χ1n) is 6.10. The molecule has 5 heteroatoms. The van der Waals surface area contributed by atoms with Crippen LogP contribution in [0.3, 0.4) is 0 Å². The topological polar surface area (TPSA) is 61.6 Å². The van der Waals surface area contributed by atoms with Gasteiger partial charge >= 0.3 is 0 Å². The lowest BCUT2D eigenvalue weighted by Crippen LogP contribution is -2.50. The first-order valence-corrected chi connectivity index (χ1v) is 6.10. The fourth-order valence-electron chi connectivity index (χ4n) is 2.77. The molecule has 0 aromatic rings. The first kappa shape index (κ1) is 10.5. The van der Waals surface area contributed by atoms with Gasteiger partial charge in [0.1, 0.15) is 0 Å². The van der Waals surface area contributed by atoms with Crippen molar-refractivity contribution in [3.63, 3.8) is 0 Å². The van der Waals surface area contributed by atoms with Crippen LogP contribution in [-0.4, -0.2) is 48.9 Å². The SMILES string of the molecule is CN1CCN(C2=C3CCC(=C2N)NC3)CC1=O. The molecule has 2 bridgehead atoms. The van der Waals surface area contributed by atoms with Crippen LogP contribution in [-0.2, 0) is 4.79 Å². The molecular weight excluding hydrogens is 216 g/mol. The average molecular weight is 234 g/mol. The number of hydrogen-bond donors (Lipinski definition) is 2. The number of carbonyl (C=O) groups excluding carboxylic acids is 1. The minimum absolute atomic E-state index is 0.177. The zero-order valence-electron chi connectivity index (χ0n) is 10.1. The fraction of sp³-hybridized carbons (Fsp3) is 0.583. The lowest BCUT2D eigenvalue weighted by atomic mass is 9.91. The molecule has 2 saturated heterocycles. The van der Waals surface area contributed by atoms with Crippen molar-refractivity contribution in [2.45, 2.75) is 12.8 Å². The van der Waals surface area contributed by atoms with E-state index in [9.17, 15) is 4.79 Å². The van der Waals surface area contributed by atoms with Gasteiger partial charge in [0.05, 0.1) is 17.9 Å². The fourth-order valence-corrected chi connectivity index (χ4v) is 2.77. The highest BCUT2D eigenvalue weighted by atomic mass is 16.2. The van der Waals surface area contributed by atoms with Gasteiger partial charge in [-0.1, -0.05) is 0 Å². The Kier molecular flexibility index (Phi) is 2.28. The Bertz CT molecular complexity index is 426. The van der Waals surface area contributed by atoms with Crippen molar-refractivity contribution in [3.05, 3.63) is 22.7 Å². The summed E-state index contributed by atoms with van der Waals surface area (Å²) < 4.78 is 0. The number of fused-ring (bicyclic) bond motifs is 3. The van der Waals surface area contributed by atoms with Crippen molar-refractivity contribution < 1.29 is 4.79 Å². The number of rotatable bonds is 1. The number of nitrogens with one attached hydrogen (secondary N) is 1. The predicted molar refractivity (Wildman–Crippen MR) is 64.7 cm³/mol. The Balaban J connectivity index is 1.88. The summed E-state index contributed by atoms with van der Waals surface area (Å²) in [6.07, 6.45) is 2.10. The van der Waals surface area contributed by atoms with Crippen molar-refractivity contribution in [2.75, 3.05) is 33.2 Å². The molecule has 3 heterocycles. The van der Waals surface area contributed by atoms with Crippen LogP contribution in [0.1, 0.15) is 12.8 Å². The number of amides is 1. The van der Waals surface area contributed by atoms with Crippen molar-refractivity contribution in [1.29, 1.82) is 0 Å². The van der Waals surface area contributed by atoms with E-state index >= 15 is 0 Å². The maximum atomic E-state index is 11.7. The molecule has 2 fully saturated rings. The van der Waals surface area contributed by atoms with Crippen LogP contribution in [0.25, 0.3) is 0 Å². The summed E-state index contributed by atoms with van der Waals surface area (Å²) in [7, 11) is 1.86. The van der Waals surface area contributed by atoms with Gasteiger partial charge in [-0.15, -0.1) is 0 Å². The normalized spacial score (nSPS) is 24.6. The van der Waals surface area contributed by atoms with Crippen LogP contribution in [0.15, 0.2) is 22.7 Å². The molecule has 17 heavy (non-hydrogen) atoms. The van der Waals surface area contributed by atoms with Gasteiger partial charge in [0.25, 0.3) is 0 Å². The molecule has 5 nitrogen and oxygen atoms in total. The van der Waals surface area contributed by atoms with E-state index in [-0.39, 0.29) is 5.91 Å². The van der Waals surface area contributed by atoms with E-state index in [1.165, 1.54) is 5.57 Å². The van der Waals surface area contributed by atoms with Crippen LogP contribution >= 0.6 is 0 Å². The molecular formula is C12H18N4O. The van der Waals surface area contributed by atoms with Crippen LogP contribution < -0.4 is 11.1 Å². The third-order valence-corrected chi connectivity index (χ3v) is 3.88.